The van der Waals surface area contributed by atoms with Crippen molar-refractivity contribution in [1.82, 2.24) is 19.7 Å². The summed E-state index contributed by atoms with van der Waals surface area (Å²) in [6.45, 7) is 5.07. The number of ether oxygens (including phenoxy) is 1. The largest absolute Gasteiger partial charge is 0.449 e. The normalized spacial score (nSPS) is 13.4. The monoisotopic (exact) mass is 366 g/mol. The number of nitrogens with zero attached hydrogens (tertiary/aromatic N) is 5. The van der Waals surface area contributed by atoms with Gasteiger partial charge in [-0.05, 0) is 30.0 Å². The molecule has 1 aromatic carbocycles. The van der Waals surface area contributed by atoms with Crippen LogP contribution in [0.25, 0.3) is 22.3 Å². The van der Waals surface area contributed by atoms with E-state index in [0.29, 0.717) is 30.5 Å². The second-order valence-corrected chi connectivity index (χ2v) is 7.15. The van der Waals surface area contributed by atoms with E-state index in [1.165, 1.54) is 6.33 Å². The van der Waals surface area contributed by atoms with E-state index in [1.54, 1.807) is 9.58 Å². The third-order valence-electron chi connectivity index (χ3n) is 4.66. The number of aromatic nitrogens is 4. The summed E-state index contributed by atoms with van der Waals surface area (Å²) >= 11 is 0. The van der Waals surface area contributed by atoms with E-state index in [2.05, 4.69) is 21.1 Å². The molecule has 27 heavy (non-hydrogen) atoms. The lowest BCUT2D eigenvalue weighted by atomic mass is 10.0. The van der Waals surface area contributed by atoms with Crippen LogP contribution >= 0.6 is 0 Å². The van der Waals surface area contributed by atoms with E-state index in [0.717, 1.165) is 34.3 Å². The summed E-state index contributed by atoms with van der Waals surface area (Å²) in [7, 11) is 1.83. The Labute approximate surface area is 157 Å². The molecule has 0 unspecified atom stereocenters. The molecule has 4 rings (SSSR count). The minimum Gasteiger partial charge on any atom is -0.449 e. The van der Waals surface area contributed by atoms with Crippen molar-refractivity contribution in [2.24, 2.45) is 13.0 Å². The molecule has 8 heteroatoms. The minimum atomic E-state index is -0.295. The predicted molar refractivity (Wildman–Crippen MR) is 103 cm³/mol. The van der Waals surface area contributed by atoms with Crippen molar-refractivity contribution in [3.63, 3.8) is 0 Å². The third-order valence-corrected chi connectivity index (χ3v) is 4.66. The summed E-state index contributed by atoms with van der Waals surface area (Å²) in [5, 5.41) is 5.32. The number of anilines is 2. The number of nitrogens with two attached hydrogens (primary N) is 1. The smallest absolute Gasteiger partial charge is 0.414 e. The minimum absolute atomic E-state index is 0.295. The maximum absolute atomic E-state index is 12.3. The number of carbonyl (C=O) groups excluding carboxylic acids is 1. The van der Waals surface area contributed by atoms with Crippen molar-refractivity contribution < 1.29 is 9.53 Å². The first-order valence-electron chi connectivity index (χ1n) is 8.96. The van der Waals surface area contributed by atoms with Crippen molar-refractivity contribution in [3.8, 4) is 11.3 Å². The van der Waals surface area contributed by atoms with E-state index in [-0.39, 0.29) is 6.09 Å². The van der Waals surface area contributed by atoms with Crippen LogP contribution in [0, 0.1) is 5.92 Å². The number of fused-ring (bicyclic) bond motifs is 2. The third kappa shape index (κ3) is 2.97. The van der Waals surface area contributed by atoms with Crippen molar-refractivity contribution in [3.05, 3.63) is 30.1 Å². The van der Waals surface area contributed by atoms with Gasteiger partial charge in [0.25, 0.3) is 0 Å². The molecule has 0 atom stereocenters. The molecule has 1 aliphatic heterocycles. The van der Waals surface area contributed by atoms with Crippen LogP contribution in [0.1, 0.15) is 19.4 Å². The average molecular weight is 366 g/mol. The standard InChI is InChI=1S/C19H22N6O2/c1-11(2)9-27-19(26)25-7-6-12-8-13(4-5-14(12)25)16-15-17(20)21-10-22-18(15)24(3)23-16/h4-5,8,10-11H,6-7,9H2,1-3H3,(H2,20,21,22). The van der Waals surface area contributed by atoms with Gasteiger partial charge in [0.2, 0.25) is 0 Å². The molecule has 0 spiro atoms. The zero-order valence-electron chi connectivity index (χ0n) is 15.6. The van der Waals surface area contributed by atoms with Gasteiger partial charge in [-0.1, -0.05) is 19.9 Å². The second kappa shape index (κ2) is 6.53. The molecular weight excluding hydrogens is 344 g/mol. The van der Waals surface area contributed by atoms with Gasteiger partial charge in [0.15, 0.2) is 5.65 Å². The highest BCUT2D eigenvalue weighted by atomic mass is 16.6. The molecule has 0 saturated carbocycles. The lowest BCUT2D eigenvalue weighted by Crippen LogP contribution is -2.30. The fourth-order valence-electron chi connectivity index (χ4n) is 3.37. The molecule has 2 N–H and O–H groups in total. The quantitative estimate of drug-likeness (QED) is 0.765. The highest BCUT2D eigenvalue weighted by Gasteiger charge is 2.27. The van der Waals surface area contributed by atoms with Crippen LogP contribution in [0.4, 0.5) is 16.3 Å². The van der Waals surface area contributed by atoms with Gasteiger partial charge >= 0.3 is 6.09 Å². The highest BCUT2D eigenvalue weighted by molar-refractivity contribution is 5.99. The molecule has 3 aromatic rings. The second-order valence-electron chi connectivity index (χ2n) is 7.15. The van der Waals surface area contributed by atoms with Crippen LogP contribution in [0.2, 0.25) is 0 Å². The molecule has 0 aliphatic carbocycles. The Balaban J connectivity index is 1.69. The molecule has 140 valence electrons. The zero-order valence-corrected chi connectivity index (χ0v) is 15.6. The fraction of sp³-hybridized carbons (Fsp3) is 0.368. The molecule has 0 bridgehead atoms. The van der Waals surface area contributed by atoms with E-state index >= 15 is 0 Å². The Kier molecular flexibility index (Phi) is 4.18. The van der Waals surface area contributed by atoms with Gasteiger partial charge in [0.1, 0.15) is 17.8 Å². The van der Waals surface area contributed by atoms with Gasteiger partial charge in [0.05, 0.1) is 17.7 Å². The van der Waals surface area contributed by atoms with Crippen LogP contribution < -0.4 is 10.6 Å². The van der Waals surface area contributed by atoms with Crippen molar-refractivity contribution in [1.29, 1.82) is 0 Å². The fourth-order valence-corrected chi connectivity index (χ4v) is 3.37. The lowest BCUT2D eigenvalue weighted by molar-refractivity contribution is 0.140. The van der Waals surface area contributed by atoms with Crippen molar-refractivity contribution in [2.75, 3.05) is 23.8 Å². The summed E-state index contributed by atoms with van der Waals surface area (Å²) in [5.74, 6) is 0.714. The average Bonchev–Trinajstić information content (AvgIpc) is 3.21. The predicted octanol–water partition coefficient (Wildman–Crippen LogP) is 2.77. The zero-order chi connectivity index (χ0) is 19.1. The van der Waals surface area contributed by atoms with Gasteiger partial charge < -0.3 is 10.5 Å². The topological polar surface area (TPSA) is 99.2 Å². The number of benzene rings is 1. The number of amides is 1. The van der Waals surface area contributed by atoms with Crippen molar-refractivity contribution >= 4 is 28.6 Å². The SMILES string of the molecule is CC(C)COC(=O)N1CCc2cc(-c3nn(C)c4ncnc(N)c34)ccc21. The Morgan fingerprint density at radius 1 is 1.33 bits per heavy atom. The van der Waals surface area contributed by atoms with Crippen LogP contribution in [0.15, 0.2) is 24.5 Å². The Morgan fingerprint density at radius 3 is 2.93 bits per heavy atom. The lowest BCUT2D eigenvalue weighted by Gasteiger charge is -2.18. The number of rotatable bonds is 3. The Bertz CT molecular complexity index is 1030. The van der Waals surface area contributed by atoms with Gasteiger partial charge in [-0.25, -0.2) is 19.4 Å². The summed E-state index contributed by atoms with van der Waals surface area (Å²) in [6.07, 6.45) is 1.92. The van der Waals surface area contributed by atoms with Crippen molar-refractivity contribution in [2.45, 2.75) is 20.3 Å². The van der Waals surface area contributed by atoms with E-state index < -0.39 is 0 Å². The maximum Gasteiger partial charge on any atom is 0.414 e. The molecule has 1 amide bonds. The van der Waals surface area contributed by atoms with E-state index in [9.17, 15) is 4.79 Å². The first-order chi connectivity index (χ1) is 13.0. The van der Waals surface area contributed by atoms with Gasteiger partial charge in [-0.2, -0.15) is 5.10 Å². The summed E-state index contributed by atoms with van der Waals surface area (Å²) in [6, 6.07) is 5.94. The van der Waals surface area contributed by atoms with Gasteiger partial charge in [-0.15, -0.1) is 0 Å². The first kappa shape index (κ1) is 17.3. The number of hydrogen-bond donors (Lipinski definition) is 1. The molecule has 0 fully saturated rings. The molecule has 0 radical (unpaired) electrons. The number of nitrogen functional groups attached to an aromatic ring is 1. The molecule has 1 aliphatic rings. The molecule has 3 heterocycles. The number of carbonyl (C=O) groups is 1. The first-order valence-corrected chi connectivity index (χ1v) is 8.96. The summed E-state index contributed by atoms with van der Waals surface area (Å²) < 4.78 is 7.07. The van der Waals surface area contributed by atoms with Crippen LogP contribution in [-0.4, -0.2) is 39.0 Å². The molecular formula is C19H22N6O2. The van der Waals surface area contributed by atoms with E-state index in [4.69, 9.17) is 10.5 Å². The van der Waals surface area contributed by atoms with Crippen LogP contribution in [0.5, 0.6) is 0 Å². The maximum atomic E-state index is 12.3. The molecule has 2 aromatic heterocycles. The van der Waals surface area contributed by atoms with Gasteiger partial charge in [-0.3, -0.25) is 4.90 Å². The Morgan fingerprint density at radius 2 is 2.15 bits per heavy atom. The van der Waals surface area contributed by atoms with E-state index in [1.807, 2.05) is 33.0 Å². The molecule has 8 nitrogen and oxygen atoms in total. The van der Waals surface area contributed by atoms with Crippen LogP contribution in [-0.2, 0) is 18.2 Å². The summed E-state index contributed by atoms with van der Waals surface area (Å²) in [5.41, 5.74) is 10.4. The number of hydrogen-bond acceptors (Lipinski definition) is 6. The Hall–Kier alpha value is -3.16. The number of aryl methyl sites for hydroxylation is 1. The summed E-state index contributed by atoms with van der Waals surface area (Å²) in [4.78, 5) is 22.4. The molecule has 0 saturated heterocycles. The highest BCUT2D eigenvalue weighted by Crippen LogP contribution is 2.35. The van der Waals surface area contributed by atoms with Crippen LogP contribution in [0.3, 0.4) is 0 Å². The van der Waals surface area contributed by atoms with Gasteiger partial charge in [0, 0.05) is 19.2 Å².